The van der Waals surface area contributed by atoms with E-state index in [4.69, 9.17) is 9.47 Å². The summed E-state index contributed by atoms with van der Waals surface area (Å²) in [5.74, 6) is 0.148. The molecule has 0 N–H and O–H groups in total. The van der Waals surface area contributed by atoms with Gasteiger partial charge in [-0.1, -0.05) is 12.1 Å². The van der Waals surface area contributed by atoms with Gasteiger partial charge in [-0.2, -0.15) is 13.2 Å². The van der Waals surface area contributed by atoms with Crippen molar-refractivity contribution in [2.75, 3.05) is 18.1 Å². The summed E-state index contributed by atoms with van der Waals surface area (Å²) in [4.78, 5) is 29.2. The number of anilines is 1. The first-order valence-electron chi connectivity index (χ1n) is 12.5. The van der Waals surface area contributed by atoms with Crippen LogP contribution in [0.5, 0.6) is 5.75 Å². The summed E-state index contributed by atoms with van der Waals surface area (Å²) in [6.45, 7) is 9.94. The fourth-order valence-corrected chi connectivity index (χ4v) is 5.15. The molecule has 2 aliphatic rings. The van der Waals surface area contributed by atoms with Crippen LogP contribution in [0.1, 0.15) is 62.3 Å². The van der Waals surface area contributed by atoms with E-state index in [9.17, 15) is 22.8 Å². The normalized spacial score (nSPS) is 17.2. The Balaban J connectivity index is 1.56. The van der Waals surface area contributed by atoms with Gasteiger partial charge in [0.1, 0.15) is 5.75 Å². The first-order chi connectivity index (χ1) is 17.3. The Morgan fingerprint density at radius 3 is 2.14 bits per heavy atom. The Labute approximate surface area is 215 Å². The summed E-state index contributed by atoms with van der Waals surface area (Å²) in [5.41, 5.74) is 0.827. The third-order valence-corrected chi connectivity index (χ3v) is 7.26. The first kappa shape index (κ1) is 26.8. The molecule has 1 saturated carbocycles. The number of alkyl halides is 3. The molecular formula is C28H33F3N2O4. The van der Waals surface area contributed by atoms with E-state index in [2.05, 4.69) is 0 Å². The summed E-state index contributed by atoms with van der Waals surface area (Å²) in [7, 11) is 0. The van der Waals surface area contributed by atoms with Crippen molar-refractivity contribution in [2.24, 2.45) is 0 Å². The summed E-state index contributed by atoms with van der Waals surface area (Å²) >= 11 is 0. The van der Waals surface area contributed by atoms with Crippen molar-refractivity contribution in [1.82, 2.24) is 4.90 Å². The predicted molar refractivity (Wildman–Crippen MR) is 134 cm³/mol. The number of esters is 1. The molecule has 0 bridgehead atoms. The monoisotopic (exact) mass is 518 g/mol. The number of ether oxygens (including phenoxy) is 2. The van der Waals surface area contributed by atoms with Gasteiger partial charge < -0.3 is 14.4 Å². The highest BCUT2D eigenvalue weighted by Crippen LogP contribution is 2.45. The van der Waals surface area contributed by atoms with Crippen LogP contribution in [0.15, 0.2) is 36.4 Å². The maximum Gasteiger partial charge on any atom is 0.416 e. The molecule has 2 aromatic carbocycles. The molecule has 1 spiro atoms. The van der Waals surface area contributed by atoms with Crippen molar-refractivity contribution in [1.29, 1.82) is 0 Å². The standard InChI is InChI=1S/C28H33F3N2O4/c1-6-36-24(34)26(4,5)37-23-18(2)14-20(15-19(23)3)16-33-25(35)32(17-27(33)12-7-13-27)22-10-8-21(9-11-22)28(29,30)31/h8-11,14-15H,6-7,12-13,16-17H2,1-5H3. The lowest BCUT2D eigenvalue weighted by Gasteiger charge is -2.44. The number of amides is 2. The molecule has 0 aromatic heterocycles. The molecule has 37 heavy (non-hydrogen) atoms. The highest BCUT2D eigenvalue weighted by molar-refractivity contribution is 5.95. The molecule has 2 fully saturated rings. The van der Waals surface area contributed by atoms with E-state index in [0.29, 0.717) is 24.5 Å². The zero-order valence-corrected chi connectivity index (χ0v) is 21.9. The van der Waals surface area contributed by atoms with Crippen molar-refractivity contribution < 1.29 is 32.2 Å². The molecule has 1 heterocycles. The largest absolute Gasteiger partial charge is 0.476 e. The molecule has 6 nitrogen and oxygen atoms in total. The second kappa shape index (κ2) is 9.58. The fraction of sp³-hybridized carbons (Fsp3) is 0.500. The lowest BCUT2D eigenvalue weighted by molar-refractivity contribution is -0.158. The SMILES string of the molecule is CCOC(=O)C(C)(C)Oc1c(C)cc(CN2C(=O)N(c3ccc(C(F)(F)F)cc3)CC23CCC3)cc1C. The van der Waals surface area contributed by atoms with E-state index in [1.807, 2.05) is 30.9 Å². The maximum atomic E-state index is 13.5. The number of nitrogens with zero attached hydrogens (tertiary/aromatic N) is 2. The van der Waals surface area contributed by atoms with Gasteiger partial charge >= 0.3 is 18.2 Å². The predicted octanol–water partition coefficient (Wildman–Crippen LogP) is 6.41. The number of rotatable bonds is 7. The molecule has 200 valence electrons. The highest BCUT2D eigenvalue weighted by Gasteiger charge is 2.53. The second-order valence-corrected chi connectivity index (χ2v) is 10.5. The van der Waals surface area contributed by atoms with Gasteiger partial charge in [0.15, 0.2) is 5.60 Å². The molecule has 0 unspecified atom stereocenters. The lowest BCUT2D eigenvalue weighted by atomic mass is 9.76. The molecule has 9 heteroatoms. The lowest BCUT2D eigenvalue weighted by Crippen LogP contribution is -2.51. The number of carbonyl (C=O) groups is 2. The van der Waals surface area contributed by atoms with Gasteiger partial charge in [0, 0.05) is 12.2 Å². The molecule has 0 radical (unpaired) electrons. The van der Waals surface area contributed by atoms with E-state index in [1.54, 1.807) is 25.7 Å². The van der Waals surface area contributed by atoms with Gasteiger partial charge in [-0.25, -0.2) is 9.59 Å². The number of hydrogen-bond donors (Lipinski definition) is 0. The van der Waals surface area contributed by atoms with Crippen molar-refractivity contribution >= 4 is 17.7 Å². The van der Waals surface area contributed by atoms with Crippen LogP contribution in [0.4, 0.5) is 23.7 Å². The molecule has 2 amide bonds. The molecule has 0 atom stereocenters. The van der Waals surface area contributed by atoms with E-state index in [0.717, 1.165) is 48.1 Å². The summed E-state index contributed by atoms with van der Waals surface area (Å²) < 4.78 is 50.2. The smallest absolute Gasteiger partial charge is 0.416 e. The molecule has 4 rings (SSSR count). The van der Waals surface area contributed by atoms with Crippen LogP contribution in [0.2, 0.25) is 0 Å². The number of halogens is 3. The van der Waals surface area contributed by atoms with Gasteiger partial charge in [0.05, 0.1) is 24.3 Å². The van der Waals surface area contributed by atoms with Gasteiger partial charge in [0.25, 0.3) is 0 Å². The molecular weight excluding hydrogens is 485 g/mol. The van der Waals surface area contributed by atoms with Crippen LogP contribution in [0.3, 0.4) is 0 Å². The topological polar surface area (TPSA) is 59.1 Å². The van der Waals surface area contributed by atoms with Crippen molar-refractivity contribution in [3.8, 4) is 5.75 Å². The minimum Gasteiger partial charge on any atom is -0.476 e. The van der Waals surface area contributed by atoms with Crippen LogP contribution in [-0.2, 0) is 22.3 Å². The summed E-state index contributed by atoms with van der Waals surface area (Å²) in [6, 6.07) is 8.45. The zero-order valence-electron chi connectivity index (χ0n) is 21.9. The van der Waals surface area contributed by atoms with E-state index in [1.165, 1.54) is 12.1 Å². The number of benzene rings is 2. The molecule has 1 saturated heterocycles. The molecule has 2 aromatic rings. The van der Waals surface area contributed by atoms with Crippen LogP contribution in [0.25, 0.3) is 0 Å². The van der Waals surface area contributed by atoms with Crippen molar-refractivity contribution in [3.63, 3.8) is 0 Å². The Bertz CT molecular complexity index is 1160. The average molecular weight is 519 g/mol. The van der Waals surface area contributed by atoms with E-state index < -0.39 is 23.3 Å². The van der Waals surface area contributed by atoms with E-state index >= 15 is 0 Å². The van der Waals surface area contributed by atoms with Gasteiger partial charge in [-0.05, 0) is 94.8 Å². The summed E-state index contributed by atoms with van der Waals surface area (Å²) in [5, 5.41) is 0. The Morgan fingerprint density at radius 1 is 1.05 bits per heavy atom. The Morgan fingerprint density at radius 2 is 1.65 bits per heavy atom. The van der Waals surface area contributed by atoms with Gasteiger partial charge in [0.2, 0.25) is 0 Å². The maximum absolute atomic E-state index is 13.5. The Hall–Kier alpha value is -3.23. The van der Waals surface area contributed by atoms with E-state index in [-0.39, 0.29) is 18.2 Å². The Kier molecular flexibility index (Phi) is 6.94. The highest BCUT2D eigenvalue weighted by atomic mass is 19.4. The third-order valence-electron chi connectivity index (χ3n) is 7.26. The van der Waals surface area contributed by atoms with Gasteiger partial charge in [-0.15, -0.1) is 0 Å². The first-order valence-corrected chi connectivity index (χ1v) is 12.5. The van der Waals surface area contributed by atoms with Crippen LogP contribution >= 0.6 is 0 Å². The molecule has 1 aliphatic carbocycles. The average Bonchev–Trinajstić information content (AvgIpc) is 3.09. The quantitative estimate of drug-likeness (QED) is 0.398. The number of urea groups is 1. The van der Waals surface area contributed by atoms with Crippen molar-refractivity contribution in [2.45, 2.75) is 77.7 Å². The van der Waals surface area contributed by atoms with Crippen LogP contribution < -0.4 is 9.64 Å². The summed E-state index contributed by atoms with van der Waals surface area (Å²) in [6.07, 6.45) is -1.73. The number of aryl methyl sites for hydroxylation is 2. The number of carbonyl (C=O) groups excluding carboxylic acids is 2. The van der Waals surface area contributed by atoms with Crippen LogP contribution in [0, 0.1) is 13.8 Å². The zero-order chi connectivity index (χ0) is 27.2. The number of hydrogen-bond acceptors (Lipinski definition) is 4. The van der Waals surface area contributed by atoms with Gasteiger partial charge in [-0.3, -0.25) is 4.90 Å². The molecule has 1 aliphatic heterocycles. The van der Waals surface area contributed by atoms with Crippen LogP contribution in [-0.4, -0.2) is 41.2 Å². The minimum atomic E-state index is -4.42. The minimum absolute atomic E-state index is 0.210. The fourth-order valence-electron chi connectivity index (χ4n) is 5.15. The third kappa shape index (κ3) is 5.13. The van der Waals surface area contributed by atoms with Crippen molar-refractivity contribution in [3.05, 3.63) is 58.7 Å². The second-order valence-electron chi connectivity index (χ2n) is 10.5.